The first-order chi connectivity index (χ1) is 8.61. The molecule has 18 heavy (non-hydrogen) atoms. The lowest BCUT2D eigenvalue weighted by Crippen LogP contribution is -2.03. The van der Waals surface area contributed by atoms with Crippen LogP contribution in [-0.4, -0.2) is 12.9 Å². The van der Waals surface area contributed by atoms with Crippen molar-refractivity contribution < 1.29 is 13.9 Å². The van der Waals surface area contributed by atoms with Gasteiger partial charge in [0.2, 0.25) is 0 Å². The van der Waals surface area contributed by atoms with Crippen LogP contribution in [0, 0.1) is 5.82 Å². The van der Waals surface area contributed by atoms with Crippen molar-refractivity contribution in [3.63, 3.8) is 0 Å². The summed E-state index contributed by atoms with van der Waals surface area (Å²) in [5.74, 6) is -0.0990. The van der Waals surface area contributed by atoms with E-state index in [1.165, 1.54) is 25.3 Å². The number of carbonyl (C=O) groups is 1. The quantitative estimate of drug-likeness (QED) is 0.806. The predicted octanol–water partition coefficient (Wildman–Crippen LogP) is 3.83. The zero-order chi connectivity index (χ0) is 13.1. The smallest absolute Gasteiger partial charge is 0.194 e. The van der Waals surface area contributed by atoms with Gasteiger partial charge in [0.1, 0.15) is 11.6 Å². The maximum absolute atomic E-state index is 13.1. The highest BCUT2D eigenvalue weighted by atomic mass is 79.9. The molecule has 2 aromatic rings. The van der Waals surface area contributed by atoms with E-state index in [1.807, 2.05) is 0 Å². The molecule has 0 heterocycles. The molecule has 0 aliphatic rings. The SMILES string of the molecule is COc1ccc(Br)c(C(=O)c2cccc(F)c2)c1. The summed E-state index contributed by atoms with van der Waals surface area (Å²) >= 11 is 3.31. The third-order valence-electron chi connectivity index (χ3n) is 2.50. The third kappa shape index (κ3) is 2.59. The number of methoxy groups -OCH3 is 1. The molecule has 0 fully saturated rings. The van der Waals surface area contributed by atoms with E-state index in [0.717, 1.165) is 0 Å². The Labute approximate surface area is 113 Å². The lowest BCUT2D eigenvalue weighted by atomic mass is 10.0. The first kappa shape index (κ1) is 12.8. The van der Waals surface area contributed by atoms with Gasteiger partial charge in [0, 0.05) is 15.6 Å². The van der Waals surface area contributed by atoms with Crippen LogP contribution in [0.5, 0.6) is 5.75 Å². The Kier molecular flexibility index (Phi) is 3.77. The molecule has 0 saturated heterocycles. The number of hydrogen-bond acceptors (Lipinski definition) is 2. The molecular weight excluding hydrogens is 299 g/mol. The van der Waals surface area contributed by atoms with Crippen molar-refractivity contribution in [2.75, 3.05) is 7.11 Å². The summed E-state index contributed by atoms with van der Waals surface area (Å²) in [5.41, 5.74) is 0.754. The number of ether oxygens (including phenoxy) is 1. The average Bonchev–Trinajstić information content (AvgIpc) is 2.38. The summed E-state index contributed by atoms with van der Waals surface area (Å²) in [6.07, 6.45) is 0. The molecule has 0 aromatic heterocycles. The van der Waals surface area contributed by atoms with Gasteiger partial charge < -0.3 is 4.74 Å². The third-order valence-corrected chi connectivity index (χ3v) is 3.20. The Morgan fingerprint density at radius 2 is 2.00 bits per heavy atom. The standard InChI is InChI=1S/C14H10BrFO2/c1-18-11-5-6-13(15)12(8-11)14(17)9-3-2-4-10(16)7-9/h2-8H,1H3. The second kappa shape index (κ2) is 5.31. The highest BCUT2D eigenvalue weighted by Gasteiger charge is 2.14. The zero-order valence-electron chi connectivity index (χ0n) is 9.61. The Balaban J connectivity index is 2.45. The number of halogens is 2. The molecule has 0 saturated carbocycles. The highest BCUT2D eigenvalue weighted by molar-refractivity contribution is 9.10. The summed E-state index contributed by atoms with van der Waals surface area (Å²) in [7, 11) is 1.53. The topological polar surface area (TPSA) is 26.3 Å². The van der Waals surface area contributed by atoms with Crippen LogP contribution in [0.2, 0.25) is 0 Å². The van der Waals surface area contributed by atoms with Crippen LogP contribution in [0.3, 0.4) is 0 Å². The van der Waals surface area contributed by atoms with E-state index in [4.69, 9.17) is 4.74 Å². The average molecular weight is 309 g/mol. The summed E-state index contributed by atoms with van der Waals surface area (Å²) in [6.45, 7) is 0. The van der Waals surface area contributed by atoms with Crippen molar-refractivity contribution in [2.24, 2.45) is 0 Å². The maximum atomic E-state index is 13.1. The minimum atomic E-state index is -0.431. The van der Waals surface area contributed by atoms with E-state index in [2.05, 4.69) is 15.9 Å². The van der Waals surface area contributed by atoms with E-state index in [-0.39, 0.29) is 5.78 Å². The van der Waals surface area contributed by atoms with Crippen molar-refractivity contribution in [1.29, 1.82) is 0 Å². The predicted molar refractivity (Wildman–Crippen MR) is 70.5 cm³/mol. The normalized spacial score (nSPS) is 10.2. The largest absolute Gasteiger partial charge is 0.497 e. The Hall–Kier alpha value is -1.68. The van der Waals surface area contributed by atoms with Gasteiger partial charge in [-0.2, -0.15) is 0 Å². The van der Waals surface area contributed by atoms with Crippen LogP contribution in [0.1, 0.15) is 15.9 Å². The molecule has 2 rings (SSSR count). The van der Waals surface area contributed by atoms with Gasteiger partial charge in [-0.15, -0.1) is 0 Å². The molecule has 2 nitrogen and oxygen atoms in total. The van der Waals surface area contributed by atoms with Crippen molar-refractivity contribution in [1.82, 2.24) is 0 Å². The fourth-order valence-corrected chi connectivity index (χ4v) is 2.02. The Morgan fingerprint density at radius 3 is 2.67 bits per heavy atom. The lowest BCUT2D eigenvalue weighted by molar-refractivity contribution is 0.103. The maximum Gasteiger partial charge on any atom is 0.194 e. The van der Waals surface area contributed by atoms with E-state index in [9.17, 15) is 9.18 Å². The lowest BCUT2D eigenvalue weighted by Gasteiger charge is -2.06. The molecule has 2 aromatic carbocycles. The summed E-state index contributed by atoms with van der Waals surface area (Å²) < 4.78 is 18.8. The van der Waals surface area contributed by atoms with Gasteiger partial charge in [-0.1, -0.05) is 28.1 Å². The van der Waals surface area contributed by atoms with Gasteiger partial charge in [-0.3, -0.25) is 4.79 Å². The fourth-order valence-electron chi connectivity index (χ4n) is 1.59. The van der Waals surface area contributed by atoms with E-state index >= 15 is 0 Å². The van der Waals surface area contributed by atoms with E-state index < -0.39 is 5.82 Å². The number of ketones is 1. The second-order valence-corrected chi connectivity index (χ2v) is 4.54. The molecule has 4 heteroatoms. The summed E-state index contributed by atoms with van der Waals surface area (Å²) in [6, 6.07) is 10.7. The van der Waals surface area contributed by atoms with Gasteiger partial charge in [0.15, 0.2) is 5.78 Å². The zero-order valence-corrected chi connectivity index (χ0v) is 11.2. The molecule has 0 N–H and O–H groups in total. The van der Waals surface area contributed by atoms with Crippen molar-refractivity contribution in [3.05, 3.63) is 63.9 Å². The molecule has 92 valence electrons. The monoisotopic (exact) mass is 308 g/mol. The fraction of sp³-hybridized carbons (Fsp3) is 0.0714. The molecule has 0 aliphatic heterocycles. The summed E-state index contributed by atoms with van der Waals surface area (Å²) in [5, 5.41) is 0. The van der Waals surface area contributed by atoms with Crippen LogP contribution >= 0.6 is 15.9 Å². The van der Waals surface area contributed by atoms with Crippen LogP contribution in [-0.2, 0) is 0 Å². The minimum Gasteiger partial charge on any atom is -0.497 e. The highest BCUT2D eigenvalue weighted by Crippen LogP contribution is 2.25. The van der Waals surface area contributed by atoms with Gasteiger partial charge in [-0.25, -0.2) is 4.39 Å². The minimum absolute atomic E-state index is 0.250. The molecule has 0 atom stereocenters. The molecule has 0 bridgehead atoms. The van der Waals surface area contributed by atoms with E-state index in [1.54, 1.807) is 24.3 Å². The Bertz CT molecular complexity index is 596. The molecule has 0 amide bonds. The van der Waals surface area contributed by atoms with Gasteiger partial charge in [0.25, 0.3) is 0 Å². The second-order valence-electron chi connectivity index (χ2n) is 3.69. The van der Waals surface area contributed by atoms with Gasteiger partial charge >= 0.3 is 0 Å². The number of benzene rings is 2. The Morgan fingerprint density at radius 1 is 1.22 bits per heavy atom. The molecule has 0 spiro atoms. The van der Waals surface area contributed by atoms with Crippen LogP contribution in [0.25, 0.3) is 0 Å². The molecule has 0 unspecified atom stereocenters. The first-order valence-electron chi connectivity index (χ1n) is 5.25. The molecule has 0 radical (unpaired) electrons. The van der Waals surface area contributed by atoms with Crippen molar-refractivity contribution >= 4 is 21.7 Å². The molecule has 0 aliphatic carbocycles. The molecular formula is C14H10BrFO2. The van der Waals surface area contributed by atoms with Gasteiger partial charge in [0.05, 0.1) is 7.11 Å². The summed E-state index contributed by atoms with van der Waals surface area (Å²) in [4.78, 5) is 12.2. The first-order valence-corrected chi connectivity index (χ1v) is 6.05. The number of carbonyl (C=O) groups excluding carboxylic acids is 1. The van der Waals surface area contributed by atoms with Crippen molar-refractivity contribution in [3.8, 4) is 5.75 Å². The van der Waals surface area contributed by atoms with Crippen molar-refractivity contribution in [2.45, 2.75) is 0 Å². The van der Waals surface area contributed by atoms with Crippen LogP contribution in [0.4, 0.5) is 4.39 Å². The van der Waals surface area contributed by atoms with E-state index in [0.29, 0.717) is 21.3 Å². The number of rotatable bonds is 3. The van der Waals surface area contributed by atoms with Crippen LogP contribution in [0.15, 0.2) is 46.9 Å². The number of hydrogen-bond donors (Lipinski definition) is 0. The van der Waals surface area contributed by atoms with Crippen LogP contribution < -0.4 is 4.74 Å². The van der Waals surface area contributed by atoms with Gasteiger partial charge in [-0.05, 0) is 30.3 Å².